The molecule has 0 radical (unpaired) electrons. The second-order valence-electron chi connectivity index (χ2n) is 6.77. The van der Waals surface area contributed by atoms with Crippen LogP contribution in [0.2, 0.25) is 0 Å². The molecule has 2 N–H and O–H groups in total. The molecule has 3 rings (SSSR count). The van der Waals surface area contributed by atoms with E-state index in [1.165, 1.54) is 0 Å². The monoisotopic (exact) mass is 376 g/mol. The molecule has 1 amide bonds. The highest BCUT2D eigenvalue weighted by molar-refractivity contribution is 8.01. The van der Waals surface area contributed by atoms with Crippen LogP contribution < -0.4 is 5.73 Å². The molecule has 2 aromatic carbocycles. The average molecular weight is 377 g/mol. The molecule has 0 saturated carbocycles. The van der Waals surface area contributed by atoms with Gasteiger partial charge >= 0.3 is 0 Å². The van der Waals surface area contributed by atoms with Gasteiger partial charge in [0.15, 0.2) is 0 Å². The van der Waals surface area contributed by atoms with Crippen molar-refractivity contribution in [1.29, 1.82) is 0 Å². The molecule has 3 nitrogen and oxygen atoms in total. The largest absolute Gasteiger partial charge is 0.398 e. The van der Waals surface area contributed by atoms with Crippen LogP contribution in [0.3, 0.4) is 0 Å². The zero-order chi connectivity index (χ0) is 19.6. The van der Waals surface area contributed by atoms with E-state index in [-0.39, 0.29) is 5.91 Å². The van der Waals surface area contributed by atoms with Crippen LogP contribution in [0, 0.1) is 0 Å². The highest BCUT2D eigenvalue weighted by atomic mass is 32.2. The molecule has 0 atom stereocenters. The number of hydrogen-bond donors (Lipinski definition) is 1. The van der Waals surface area contributed by atoms with Gasteiger partial charge in [-0.05, 0) is 58.5 Å². The molecule has 4 heteroatoms. The number of carbonyl (C=O) groups excluding carboxylic acids is 1. The number of amides is 1. The van der Waals surface area contributed by atoms with Crippen LogP contribution in [0.4, 0.5) is 5.69 Å². The Morgan fingerprint density at radius 1 is 1.33 bits per heavy atom. The quantitative estimate of drug-likeness (QED) is 0.419. The van der Waals surface area contributed by atoms with Gasteiger partial charge in [-0.3, -0.25) is 4.79 Å². The van der Waals surface area contributed by atoms with Crippen molar-refractivity contribution < 1.29 is 4.79 Å². The van der Waals surface area contributed by atoms with Gasteiger partial charge in [0.2, 0.25) is 0 Å². The predicted octanol–water partition coefficient (Wildman–Crippen LogP) is 5.36. The number of hydrogen-bond acceptors (Lipinski definition) is 3. The Morgan fingerprint density at radius 3 is 2.78 bits per heavy atom. The molecule has 0 bridgehead atoms. The van der Waals surface area contributed by atoms with Crippen LogP contribution in [-0.2, 0) is 6.54 Å². The maximum Gasteiger partial charge on any atom is 0.256 e. The summed E-state index contributed by atoms with van der Waals surface area (Å²) < 4.78 is 0. The molecule has 0 fully saturated rings. The van der Waals surface area contributed by atoms with Gasteiger partial charge in [0.1, 0.15) is 0 Å². The van der Waals surface area contributed by atoms with Crippen LogP contribution in [0.5, 0.6) is 0 Å². The van der Waals surface area contributed by atoms with Crippen LogP contribution in [0.25, 0.3) is 16.7 Å². The SMILES string of the molecule is C=C/C(=C\SC)c1cccc(-c2ccc(N)c3c2CN(CC(=C)C)C3=O)c1. The molecule has 2 aromatic rings. The summed E-state index contributed by atoms with van der Waals surface area (Å²) in [5.41, 5.74) is 13.6. The van der Waals surface area contributed by atoms with E-state index in [1.54, 1.807) is 16.7 Å². The van der Waals surface area contributed by atoms with Crippen molar-refractivity contribution in [3.63, 3.8) is 0 Å². The molecule has 1 aliphatic rings. The summed E-state index contributed by atoms with van der Waals surface area (Å²) in [6, 6.07) is 12.2. The third-order valence-electron chi connectivity index (χ3n) is 4.63. The van der Waals surface area contributed by atoms with Gasteiger partial charge in [0, 0.05) is 18.8 Å². The van der Waals surface area contributed by atoms with Crippen LogP contribution >= 0.6 is 11.8 Å². The number of fused-ring (bicyclic) bond motifs is 1. The molecule has 27 heavy (non-hydrogen) atoms. The third-order valence-corrected chi connectivity index (χ3v) is 5.12. The minimum Gasteiger partial charge on any atom is -0.398 e. The van der Waals surface area contributed by atoms with E-state index in [0.29, 0.717) is 24.3 Å². The van der Waals surface area contributed by atoms with Crippen molar-refractivity contribution in [3.05, 3.63) is 83.3 Å². The van der Waals surface area contributed by atoms with Crippen molar-refractivity contribution in [3.8, 4) is 11.1 Å². The number of nitrogen functional groups attached to an aromatic ring is 1. The van der Waals surface area contributed by atoms with E-state index in [9.17, 15) is 4.79 Å². The molecule has 0 unspecified atom stereocenters. The van der Waals surface area contributed by atoms with Gasteiger partial charge in [-0.15, -0.1) is 11.8 Å². The van der Waals surface area contributed by atoms with Crippen molar-refractivity contribution in [2.45, 2.75) is 13.5 Å². The van der Waals surface area contributed by atoms with E-state index in [0.717, 1.165) is 33.4 Å². The lowest BCUT2D eigenvalue weighted by atomic mass is 9.93. The smallest absolute Gasteiger partial charge is 0.256 e. The standard InChI is InChI=1S/C23H24N2OS/c1-5-16(14-27-4)17-7-6-8-18(11-17)19-9-10-21(24)22-20(19)13-25(23(22)26)12-15(2)3/h5-11,14H,1-2,12-13,24H2,3-4H3/b16-14+. The van der Waals surface area contributed by atoms with Crippen LogP contribution in [-0.4, -0.2) is 23.6 Å². The number of rotatable bonds is 6. The molecule has 0 aromatic heterocycles. The first-order valence-corrected chi connectivity index (χ1v) is 10.1. The lowest BCUT2D eigenvalue weighted by Crippen LogP contribution is -2.25. The predicted molar refractivity (Wildman–Crippen MR) is 118 cm³/mol. The second-order valence-corrected chi connectivity index (χ2v) is 7.48. The topological polar surface area (TPSA) is 46.3 Å². The van der Waals surface area contributed by atoms with Crippen LogP contribution in [0.15, 0.2) is 66.6 Å². The molecule has 138 valence electrons. The molecule has 1 heterocycles. The van der Waals surface area contributed by atoms with Gasteiger partial charge < -0.3 is 10.6 Å². The lowest BCUT2D eigenvalue weighted by Gasteiger charge is -2.15. The minimum absolute atomic E-state index is 0.0161. The number of thioether (sulfide) groups is 1. The zero-order valence-electron chi connectivity index (χ0n) is 15.8. The van der Waals surface area contributed by atoms with Crippen molar-refractivity contribution in [2.75, 3.05) is 18.5 Å². The summed E-state index contributed by atoms with van der Waals surface area (Å²) in [6.45, 7) is 10.9. The fourth-order valence-electron chi connectivity index (χ4n) is 3.45. The Kier molecular flexibility index (Phi) is 5.57. The first-order chi connectivity index (χ1) is 13.0. The Labute approximate surface area is 165 Å². The van der Waals surface area contributed by atoms with Gasteiger partial charge in [0.05, 0.1) is 5.56 Å². The van der Waals surface area contributed by atoms with Gasteiger partial charge in [-0.25, -0.2) is 0 Å². The summed E-state index contributed by atoms with van der Waals surface area (Å²) >= 11 is 1.65. The number of nitrogens with two attached hydrogens (primary N) is 1. The Balaban J connectivity index is 2.09. The van der Waals surface area contributed by atoms with E-state index in [1.807, 2.05) is 37.5 Å². The summed E-state index contributed by atoms with van der Waals surface area (Å²) in [4.78, 5) is 14.6. The third kappa shape index (κ3) is 3.71. The average Bonchev–Trinajstić information content (AvgIpc) is 2.96. The fraction of sp³-hybridized carbons (Fsp3) is 0.174. The van der Waals surface area contributed by atoms with E-state index in [4.69, 9.17) is 5.73 Å². The number of allylic oxidation sites excluding steroid dienone is 2. The molecule has 0 saturated heterocycles. The Morgan fingerprint density at radius 2 is 2.11 bits per heavy atom. The number of carbonyl (C=O) groups is 1. The number of nitrogens with zero attached hydrogens (tertiary/aromatic N) is 1. The molecule has 0 spiro atoms. The van der Waals surface area contributed by atoms with E-state index >= 15 is 0 Å². The summed E-state index contributed by atoms with van der Waals surface area (Å²) in [6.07, 6.45) is 3.89. The maximum absolute atomic E-state index is 12.8. The van der Waals surface area contributed by atoms with Crippen molar-refractivity contribution in [1.82, 2.24) is 4.90 Å². The number of anilines is 1. The fourth-order valence-corrected chi connectivity index (χ4v) is 3.94. The normalized spacial score (nSPS) is 13.6. The first kappa shape index (κ1) is 19.1. The molecular formula is C23H24N2OS. The Hall–Kier alpha value is -2.72. The summed E-state index contributed by atoms with van der Waals surface area (Å²) in [7, 11) is 0. The molecular weight excluding hydrogens is 352 g/mol. The first-order valence-electron chi connectivity index (χ1n) is 8.77. The Bertz CT molecular complexity index is 959. The summed E-state index contributed by atoms with van der Waals surface area (Å²) in [5.74, 6) is -0.0161. The zero-order valence-corrected chi connectivity index (χ0v) is 16.6. The summed E-state index contributed by atoms with van der Waals surface area (Å²) in [5, 5.41) is 2.08. The van der Waals surface area contributed by atoms with Gasteiger partial charge in [-0.1, -0.05) is 49.1 Å². The van der Waals surface area contributed by atoms with Gasteiger partial charge in [-0.2, -0.15) is 0 Å². The molecule has 1 aliphatic heterocycles. The maximum atomic E-state index is 12.8. The van der Waals surface area contributed by atoms with E-state index in [2.05, 4.69) is 36.8 Å². The minimum atomic E-state index is -0.0161. The lowest BCUT2D eigenvalue weighted by molar-refractivity contribution is 0.0793. The highest BCUT2D eigenvalue weighted by Crippen LogP contribution is 2.37. The van der Waals surface area contributed by atoms with E-state index < -0.39 is 0 Å². The van der Waals surface area contributed by atoms with Gasteiger partial charge in [0.25, 0.3) is 5.91 Å². The number of benzene rings is 2. The van der Waals surface area contributed by atoms with Crippen molar-refractivity contribution in [2.24, 2.45) is 0 Å². The highest BCUT2D eigenvalue weighted by Gasteiger charge is 2.31. The van der Waals surface area contributed by atoms with Crippen LogP contribution in [0.1, 0.15) is 28.4 Å². The molecule has 0 aliphatic carbocycles. The second kappa shape index (κ2) is 7.89. The van der Waals surface area contributed by atoms with Crippen molar-refractivity contribution >= 4 is 28.9 Å².